The van der Waals surface area contributed by atoms with E-state index in [-0.39, 0.29) is 11.8 Å². The van der Waals surface area contributed by atoms with E-state index in [4.69, 9.17) is 0 Å². The highest BCUT2D eigenvalue weighted by atomic mass is 16.2. The third-order valence-corrected chi connectivity index (χ3v) is 3.82. The molecular weight excluding hydrogens is 256 g/mol. The van der Waals surface area contributed by atoms with Crippen molar-refractivity contribution in [2.24, 2.45) is 0 Å². The van der Waals surface area contributed by atoms with Gasteiger partial charge in [-0.3, -0.25) is 9.59 Å². The van der Waals surface area contributed by atoms with Crippen molar-refractivity contribution in [3.05, 3.63) is 0 Å². The summed E-state index contributed by atoms with van der Waals surface area (Å²) in [6.45, 7) is 5.52. The Labute approximate surface area is 121 Å². The molecule has 1 rings (SSSR count). The lowest BCUT2D eigenvalue weighted by Crippen LogP contribution is -2.43. The Hall–Kier alpha value is -1.14. The fourth-order valence-corrected chi connectivity index (χ4v) is 2.43. The molecule has 0 aromatic carbocycles. The number of carbonyl (C=O) groups excluding carboxylic acids is 2. The molecule has 2 N–H and O–H groups in total. The summed E-state index contributed by atoms with van der Waals surface area (Å²) in [5.41, 5.74) is 0. The van der Waals surface area contributed by atoms with Crippen molar-refractivity contribution in [3.63, 3.8) is 0 Å². The molecule has 1 aliphatic rings. The summed E-state index contributed by atoms with van der Waals surface area (Å²) in [6.07, 6.45) is 2.87. The van der Waals surface area contributed by atoms with Crippen LogP contribution >= 0.6 is 0 Å². The first kappa shape index (κ1) is 16.9. The summed E-state index contributed by atoms with van der Waals surface area (Å²) in [4.78, 5) is 27.0. The van der Waals surface area contributed by atoms with Gasteiger partial charge in [-0.1, -0.05) is 0 Å². The average Bonchev–Trinajstić information content (AvgIpc) is 2.41. The number of nitrogens with zero attached hydrogens (tertiary/aromatic N) is 2. The third kappa shape index (κ3) is 6.86. The van der Waals surface area contributed by atoms with E-state index in [1.165, 1.54) is 19.8 Å². The van der Waals surface area contributed by atoms with E-state index in [1.54, 1.807) is 0 Å². The van der Waals surface area contributed by atoms with Gasteiger partial charge in [0.15, 0.2) is 0 Å². The van der Waals surface area contributed by atoms with Crippen LogP contribution in [-0.2, 0) is 9.59 Å². The molecule has 1 saturated heterocycles. The molecule has 6 heteroatoms. The predicted octanol–water partition coefficient (Wildman–Crippen LogP) is -0.345. The number of rotatable bonds is 7. The SMILES string of the molecule is CC(=O)NCCNC(=O)CCN(C)C1CCN(C)CC1. The fraction of sp³-hybridized carbons (Fsp3) is 0.857. The molecule has 1 heterocycles. The van der Waals surface area contributed by atoms with Gasteiger partial charge in [-0.15, -0.1) is 0 Å². The van der Waals surface area contributed by atoms with Gasteiger partial charge >= 0.3 is 0 Å². The van der Waals surface area contributed by atoms with E-state index in [0.717, 1.165) is 19.6 Å². The maximum absolute atomic E-state index is 11.7. The van der Waals surface area contributed by atoms with Crippen LogP contribution in [0.15, 0.2) is 0 Å². The molecule has 0 aromatic rings. The Bertz CT molecular complexity index is 314. The fourth-order valence-electron chi connectivity index (χ4n) is 2.43. The van der Waals surface area contributed by atoms with Crippen molar-refractivity contribution in [2.45, 2.75) is 32.2 Å². The first-order valence-corrected chi connectivity index (χ1v) is 7.39. The maximum atomic E-state index is 11.7. The predicted molar refractivity (Wildman–Crippen MR) is 79.5 cm³/mol. The van der Waals surface area contributed by atoms with Crippen LogP contribution in [-0.4, -0.2) is 74.5 Å². The van der Waals surface area contributed by atoms with Crippen LogP contribution in [0, 0.1) is 0 Å². The molecule has 0 atom stereocenters. The van der Waals surface area contributed by atoms with Crippen LogP contribution in [0.1, 0.15) is 26.2 Å². The van der Waals surface area contributed by atoms with Crippen LogP contribution in [0.2, 0.25) is 0 Å². The van der Waals surface area contributed by atoms with Gasteiger partial charge in [0.2, 0.25) is 11.8 Å². The Kier molecular flexibility index (Phi) is 7.54. The van der Waals surface area contributed by atoms with Gasteiger partial charge in [-0.05, 0) is 40.0 Å². The summed E-state index contributed by atoms with van der Waals surface area (Å²) >= 11 is 0. The standard InChI is InChI=1S/C14H28N4O2/c1-12(19)15-7-8-16-14(20)6-11-18(3)13-4-9-17(2)10-5-13/h13H,4-11H2,1-3H3,(H,15,19)(H,16,20). The Morgan fingerprint density at radius 2 is 1.80 bits per heavy atom. The summed E-state index contributed by atoms with van der Waals surface area (Å²) < 4.78 is 0. The number of piperidine rings is 1. The van der Waals surface area contributed by atoms with Crippen molar-refractivity contribution < 1.29 is 9.59 Å². The van der Waals surface area contributed by atoms with E-state index >= 15 is 0 Å². The van der Waals surface area contributed by atoms with Crippen LogP contribution in [0.4, 0.5) is 0 Å². The molecule has 20 heavy (non-hydrogen) atoms. The van der Waals surface area contributed by atoms with Crippen molar-refractivity contribution in [1.82, 2.24) is 20.4 Å². The van der Waals surface area contributed by atoms with Gasteiger partial charge in [0.05, 0.1) is 0 Å². The second kappa shape index (κ2) is 8.92. The molecular formula is C14H28N4O2. The van der Waals surface area contributed by atoms with Gasteiger partial charge in [0, 0.05) is 39.0 Å². The normalized spacial score (nSPS) is 17.2. The van der Waals surface area contributed by atoms with Gasteiger partial charge in [-0.2, -0.15) is 0 Å². The van der Waals surface area contributed by atoms with Crippen LogP contribution in [0.25, 0.3) is 0 Å². The molecule has 0 unspecified atom stereocenters. The maximum Gasteiger partial charge on any atom is 0.221 e. The van der Waals surface area contributed by atoms with Gasteiger partial charge in [0.1, 0.15) is 0 Å². The average molecular weight is 284 g/mol. The lowest BCUT2D eigenvalue weighted by atomic mass is 10.0. The van der Waals surface area contributed by atoms with Gasteiger partial charge in [-0.25, -0.2) is 0 Å². The first-order chi connectivity index (χ1) is 9.49. The van der Waals surface area contributed by atoms with E-state index in [1.807, 2.05) is 0 Å². The molecule has 0 aromatic heterocycles. The summed E-state index contributed by atoms with van der Waals surface area (Å²) in [5.74, 6) is -0.0172. The van der Waals surface area contributed by atoms with Crippen LogP contribution in [0.3, 0.4) is 0 Å². The first-order valence-electron chi connectivity index (χ1n) is 7.39. The molecule has 0 radical (unpaired) electrons. The molecule has 0 spiro atoms. The summed E-state index contributed by atoms with van der Waals surface area (Å²) in [5, 5.41) is 5.47. The lowest BCUT2D eigenvalue weighted by Gasteiger charge is -2.35. The number of nitrogens with one attached hydrogen (secondary N) is 2. The van der Waals surface area contributed by atoms with E-state index in [2.05, 4.69) is 34.5 Å². The van der Waals surface area contributed by atoms with Crippen LogP contribution in [0.5, 0.6) is 0 Å². The highest BCUT2D eigenvalue weighted by Gasteiger charge is 2.20. The van der Waals surface area contributed by atoms with E-state index < -0.39 is 0 Å². The summed E-state index contributed by atoms with van der Waals surface area (Å²) in [7, 11) is 4.25. The Morgan fingerprint density at radius 3 is 2.40 bits per heavy atom. The van der Waals surface area contributed by atoms with E-state index in [9.17, 15) is 9.59 Å². The molecule has 116 valence electrons. The largest absolute Gasteiger partial charge is 0.355 e. The number of hydrogen-bond acceptors (Lipinski definition) is 4. The minimum Gasteiger partial charge on any atom is -0.355 e. The minimum absolute atomic E-state index is 0.0510. The smallest absolute Gasteiger partial charge is 0.221 e. The van der Waals surface area contributed by atoms with Crippen LogP contribution < -0.4 is 10.6 Å². The zero-order valence-corrected chi connectivity index (χ0v) is 12.9. The van der Waals surface area contributed by atoms with Crippen molar-refractivity contribution in [1.29, 1.82) is 0 Å². The molecule has 1 fully saturated rings. The Balaban J connectivity index is 2.09. The number of carbonyl (C=O) groups is 2. The second-order valence-electron chi connectivity index (χ2n) is 5.60. The third-order valence-electron chi connectivity index (χ3n) is 3.82. The molecule has 2 amide bonds. The van der Waals surface area contributed by atoms with Gasteiger partial charge in [0.25, 0.3) is 0 Å². The second-order valence-corrected chi connectivity index (χ2v) is 5.60. The number of likely N-dealkylation sites (tertiary alicyclic amines) is 1. The zero-order chi connectivity index (χ0) is 15.0. The molecule has 0 saturated carbocycles. The molecule has 1 aliphatic heterocycles. The lowest BCUT2D eigenvalue weighted by molar-refractivity contribution is -0.122. The minimum atomic E-state index is -0.0683. The summed E-state index contributed by atoms with van der Waals surface area (Å²) in [6, 6.07) is 0.596. The highest BCUT2D eigenvalue weighted by molar-refractivity contribution is 5.76. The molecule has 6 nitrogen and oxygen atoms in total. The topological polar surface area (TPSA) is 64.7 Å². The van der Waals surface area contributed by atoms with Crippen molar-refractivity contribution in [3.8, 4) is 0 Å². The highest BCUT2D eigenvalue weighted by Crippen LogP contribution is 2.13. The quantitative estimate of drug-likeness (QED) is 0.628. The zero-order valence-electron chi connectivity index (χ0n) is 12.9. The monoisotopic (exact) mass is 284 g/mol. The van der Waals surface area contributed by atoms with Crippen molar-refractivity contribution in [2.75, 3.05) is 46.8 Å². The van der Waals surface area contributed by atoms with Crippen molar-refractivity contribution >= 4 is 11.8 Å². The van der Waals surface area contributed by atoms with Gasteiger partial charge < -0.3 is 20.4 Å². The molecule has 0 aliphatic carbocycles. The number of hydrogen-bond donors (Lipinski definition) is 2. The molecule has 0 bridgehead atoms. The Morgan fingerprint density at radius 1 is 1.20 bits per heavy atom. The van der Waals surface area contributed by atoms with E-state index in [0.29, 0.717) is 25.6 Å². The number of amides is 2.